The van der Waals surface area contributed by atoms with Crippen molar-refractivity contribution in [1.82, 2.24) is 0 Å². The third-order valence-electron chi connectivity index (χ3n) is 5.38. The van der Waals surface area contributed by atoms with Gasteiger partial charge in [0.2, 0.25) is 0 Å². The molecular weight excluding hydrogens is 346 g/mol. The summed E-state index contributed by atoms with van der Waals surface area (Å²) in [5.74, 6) is 0. The van der Waals surface area contributed by atoms with Crippen molar-refractivity contribution in [2.45, 2.75) is 38.5 Å². The lowest BCUT2D eigenvalue weighted by molar-refractivity contribution is 0.0841. The van der Waals surface area contributed by atoms with E-state index in [0.29, 0.717) is 7.48 Å². The Morgan fingerprint density at radius 1 is 0.667 bits per heavy atom. The van der Waals surface area contributed by atoms with Gasteiger partial charge in [0.25, 0.3) is 0 Å². The maximum absolute atomic E-state index is 6.24. The van der Waals surface area contributed by atoms with Gasteiger partial charge in [-0.2, -0.15) is 0 Å². The van der Waals surface area contributed by atoms with Gasteiger partial charge in [0.05, 0.1) is 5.60 Å². The molecule has 0 aliphatic rings. The van der Waals surface area contributed by atoms with Crippen LogP contribution in [-0.2, 0) is 4.65 Å². The summed E-state index contributed by atoms with van der Waals surface area (Å²) in [7, 11) is 3.50. The number of rotatable bonds is 6. The zero-order chi connectivity index (χ0) is 19.5. The highest BCUT2D eigenvalue weighted by molar-refractivity contribution is 7.19. The quantitative estimate of drug-likeness (QED) is 0.412. The SMILES string of the molecule is CC(C)(P)C(C)(C)OBc1cccc(-c2cccc(-c3ccccc3)c2)c1. The first-order valence-electron chi connectivity index (χ1n) is 9.44. The van der Waals surface area contributed by atoms with E-state index in [1.165, 1.54) is 27.7 Å². The third-order valence-corrected chi connectivity index (χ3v) is 6.08. The Balaban J connectivity index is 1.82. The highest BCUT2D eigenvalue weighted by Gasteiger charge is 2.33. The second-order valence-corrected chi connectivity index (χ2v) is 9.61. The van der Waals surface area contributed by atoms with Crippen LogP contribution in [0.5, 0.6) is 0 Å². The summed E-state index contributed by atoms with van der Waals surface area (Å²) in [6.45, 7) is 8.66. The van der Waals surface area contributed by atoms with Crippen molar-refractivity contribution in [3.05, 3.63) is 78.9 Å². The van der Waals surface area contributed by atoms with Crippen molar-refractivity contribution in [2.75, 3.05) is 0 Å². The van der Waals surface area contributed by atoms with Crippen LogP contribution < -0.4 is 5.46 Å². The molecule has 0 saturated heterocycles. The minimum atomic E-state index is -0.221. The first-order chi connectivity index (χ1) is 12.8. The molecule has 0 fully saturated rings. The molecule has 0 spiro atoms. The van der Waals surface area contributed by atoms with Crippen LogP contribution >= 0.6 is 9.24 Å². The standard InChI is InChI=1S/C24H28BOP/c1-23(2,24(3,4)27)26-25-22-15-9-14-21(17-22)20-13-8-12-19(16-20)18-10-6-5-7-11-18/h5-17,25H,27H2,1-4H3. The second-order valence-electron chi connectivity index (χ2n) is 8.17. The van der Waals surface area contributed by atoms with E-state index in [2.05, 4.69) is 116 Å². The lowest BCUT2D eigenvalue weighted by atomic mass is 9.82. The van der Waals surface area contributed by atoms with Crippen LogP contribution in [0.15, 0.2) is 78.9 Å². The molecule has 0 aliphatic carbocycles. The van der Waals surface area contributed by atoms with Crippen molar-refractivity contribution in [3.8, 4) is 22.3 Å². The highest BCUT2D eigenvalue weighted by atomic mass is 31.0. The van der Waals surface area contributed by atoms with Crippen LogP contribution in [-0.4, -0.2) is 18.2 Å². The van der Waals surface area contributed by atoms with Crippen molar-refractivity contribution in [2.24, 2.45) is 0 Å². The summed E-state index contributed by atoms with van der Waals surface area (Å²) in [6.07, 6.45) is 0. The Hall–Kier alpha value is -1.89. The second kappa shape index (κ2) is 8.01. The lowest BCUT2D eigenvalue weighted by Gasteiger charge is -2.39. The van der Waals surface area contributed by atoms with Crippen LogP contribution in [0.4, 0.5) is 0 Å². The van der Waals surface area contributed by atoms with Gasteiger partial charge in [0.15, 0.2) is 0 Å². The molecule has 1 unspecified atom stereocenters. The predicted octanol–water partition coefficient (Wildman–Crippen LogP) is 5.45. The molecule has 0 radical (unpaired) electrons. The summed E-state index contributed by atoms with van der Waals surface area (Å²) in [5, 5.41) is 0.00856. The highest BCUT2D eigenvalue weighted by Crippen LogP contribution is 2.33. The summed E-state index contributed by atoms with van der Waals surface area (Å²) in [5.41, 5.74) is 5.89. The Morgan fingerprint density at radius 3 is 1.81 bits per heavy atom. The van der Waals surface area contributed by atoms with Crippen molar-refractivity contribution in [1.29, 1.82) is 0 Å². The molecule has 0 aliphatic heterocycles. The van der Waals surface area contributed by atoms with Crippen LogP contribution in [0, 0.1) is 0 Å². The first kappa shape index (κ1) is 19.9. The van der Waals surface area contributed by atoms with E-state index >= 15 is 0 Å². The van der Waals surface area contributed by atoms with E-state index < -0.39 is 0 Å². The number of hydrogen-bond acceptors (Lipinski definition) is 1. The molecule has 0 bridgehead atoms. The van der Waals surface area contributed by atoms with Crippen LogP contribution in [0.1, 0.15) is 27.7 Å². The fraction of sp³-hybridized carbons (Fsp3) is 0.250. The molecule has 1 nitrogen and oxygen atoms in total. The average Bonchev–Trinajstić information content (AvgIpc) is 2.67. The normalized spacial score (nSPS) is 12.0. The Labute approximate surface area is 166 Å². The van der Waals surface area contributed by atoms with Gasteiger partial charge in [0.1, 0.15) is 0 Å². The van der Waals surface area contributed by atoms with Crippen LogP contribution in [0.25, 0.3) is 22.3 Å². The van der Waals surface area contributed by atoms with Crippen LogP contribution in [0.2, 0.25) is 0 Å². The molecule has 0 aromatic heterocycles. The first-order valence-corrected chi connectivity index (χ1v) is 10.0. The van der Waals surface area contributed by atoms with E-state index in [1.54, 1.807) is 0 Å². The van der Waals surface area contributed by atoms with E-state index in [1.807, 2.05) is 0 Å². The minimum Gasteiger partial charge on any atom is -0.429 e. The molecule has 0 heterocycles. The Morgan fingerprint density at radius 2 is 1.19 bits per heavy atom. The van der Waals surface area contributed by atoms with E-state index in [0.717, 1.165) is 0 Å². The number of benzene rings is 3. The zero-order valence-electron chi connectivity index (χ0n) is 16.7. The summed E-state index contributed by atoms with van der Waals surface area (Å²) >= 11 is 0. The molecule has 3 aromatic rings. The molecule has 0 amide bonds. The zero-order valence-corrected chi connectivity index (χ0v) is 17.9. The van der Waals surface area contributed by atoms with Crippen molar-refractivity contribution >= 4 is 22.2 Å². The molecular formula is C24H28BOP. The van der Waals surface area contributed by atoms with Crippen molar-refractivity contribution in [3.63, 3.8) is 0 Å². The van der Waals surface area contributed by atoms with E-state index in [4.69, 9.17) is 4.65 Å². The fourth-order valence-corrected chi connectivity index (χ4v) is 2.88. The van der Waals surface area contributed by atoms with Gasteiger partial charge in [-0.05, 0) is 42.2 Å². The van der Waals surface area contributed by atoms with Gasteiger partial charge in [-0.1, -0.05) is 92.1 Å². The van der Waals surface area contributed by atoms with Gasteiger partial charge >= 0.3 is 7.48 Å². The topological polar surface area (TPSA) is 9.23 Å². The van der Waals surface area contributed by atoms with Crippen molar-refractivity contribution < 1.29 is 4.65 Å². The maximum atomic E-state index is 6.24. The smallest absolute Gasteiger partial charge is 0.309 e. The molecule has 138 valence electrons. The molecule has 0 saturated carbocycles. The van der Waals surface area contributed by atoms with Gasteiger partial charge in [-0.3, -0.25) is 0 Å². The van der Waals surface area contributed by atoms with Crippen LogP contribution in [0.3, 0.4) is 0 Å². The minimum absolute atomic E-state index is 0.00856. The summed E-state index contributed by atoms with van der Waals surface area (Å²) < 4.78 is 6.24. The molecule has 3 heteroatoms. The fourth-order valence-electron chi connectivity index (χ4n) is 2.80. The molecule has 1 atom stereocenters. The third kappa shape index (κ3) is 4.89. The van der Waals surface area contributed by atoms with E-state index in [9.17, 15) is 0 Å². The molecule has 3 aromatic carbocycles. The van der Waals surface area contributed by atoms with Gasteiger partial charge < -0.3 is 4.65 Å². The largest absolute Gasteiger partial charge is 0.429 e. The summed E-state index contributed by atoms with van der Waals surface area (Å²) in [6, 6.07) is 27.9. The molecule has 27 heavy (non-hydrogen) atoms. The van der Waals surface area contributed by atoms with Gasteiger partial charge in [0, 0.05) is 5.16 Å². The van der Waals surface area contributed by atoms with Gasteiger partial charge in [-0.25, -0.2) is 0 Å². The predicted molar refractivity (Wildman–Crippen MR) is 123 cm³/mol. The number of hydrogen-bond donors (Lipinski definition) is 0. The molecule has 3 rings (SSSR count). The van der Waals surface area contributed by atoms with E-state index in [-0.39, 0.29) is 10.8 Å². The Bertz CT molecular complexity index is 898. The lowest BCUT2D eigenvalue weighted by Crippen LogP contribution is -2.45. The average molecular weight is 374 g/mol. The molecule has 0 N–H and O–H groups in total. The monoisotopic (exact) mass is 374 g/mol. The summed E-state index contributed by atoms with van der Waals surface area (Å²) in [4.78, 5) is 0. The van der Waals surface area contributed by atoms with Gasteiger partial charge in [-0.15, -0.1) is 9.24 Å². The Kier molecular flexibility index (Phi) is 5.89. The maximum Gasteiger partial charge on any atom is 0.309 e.